The molecule has 1 aromatic heterocycles. The van der Waals surface area contributed by atoms with Gasteiger partial charge < -0.3 is 0 Å². The third-order valence-corrected chi connectivity index (χ3v) is 4.86. The summed E-state index contributed by atoms with van der Waals surface area (Å²) in [5.74, 6) is 0.573. The van der Waals surface area contributed by atoms with Crippen LogP contribution in [-0.2, 0) is 7.05 Å². The molecule has 23 heavy (non-hydrogen) atoms. The maximum absolute atomic E-state index is 4.78. The highest BCUT2D eigenvalue weighted by Gasteiger charge is 2.21. The predicted octanol–water partition coefficient (Wildman–Crippen LogP) is 4.94. The van der Waals surface area contributed by atoms with Crippen molar-refractivity contribution in [3.63, 3.8) is 0 Å². The van der Waals surface area contributed by atoms with Crippen molar-refractivity contribution in [2.45, 2.75) is 39.5 Å². The van der Waals surface area contributed by atoms with E-state index >= 15 is 0 Å². The molecule has 0 amide bonds. The largest absolute Gasteiger partial charge is 0.287 e. The Morgan fingerprint density at radius 2 is 1.74 bits per heavy atom. The summed E-state index contributed by atoms with van der Waals surface area (Å²) in [6, 6.07) is 15.2. The lowest BCUT2D eigenvalue weighted by molar-refractivity contribution is -0.662. The minimum Gasteiger partial charge on any atom is -0.232 e. The lowest BCUT2D eigenvalue weighted by Crippen LogP contribution is -2.32. The first-order valence-corrected chi connectivity index (χ1v) is 8.50. The number of para-hydroxylation sites is 1. The normalized spacial score (nSPS) is 11.3. The number of aromatic nitrogens is 2. The van der Waals surface area contributed by atoms with E-state index in [9.17, 15) is 0 Å². The molecule has 3 rings (SSSR count). The fourth-order valence-electron chi connectivity index (χ4n) is 3.52. The molecule has 0 bridgehead atoms. The molecule has 0 unspecified atom stereocenters. The van der Waals surface area contributed by atoms with Gasteiger partial charge in [-0.15, -0.1) is 0 Å². The van der Waals surface area contributed by atoms with Crippen molar-refractivity contribution in [1.82, 2.24) is 4.98 Å². The van der Waals surface area contributed by atoms with Crippen molar-refractivity contribution in [3.8, 4) is 11.3 Å². The van der Waals surface area contributed by atoms with Gasteiger partial charge in [0.05, 0.1) is 12.4 Å². The summed E-state index contributed by atoms with van der Waals surface area (Å²) in [6.07, 6.45) is 4.26. The molecule has 0 aliphatic heterocycles. The minimum atomic E-state index is 0.573. The first-order valence-electron chi connectivity index (χ1n) is 8.50. The first kappa shape index (κ1) is 15.7. The Labute approximate surface area is 138 Å². The molecule has 0 saturated heterocycles. The van der Waals surface area contributed by atoms with Crippen molar-refractivity contribution in [3.05, 3.63) is 59.9 Å². The number of nitrogens with zero attached hydrogens (tertiary/aromatic N) is 2. The van der Waals surface area contributed by atoms with Gasteiger partial charge in [-0.1, -0.05) is 50.2 Å². The predicted molar refractivity (Wildman–Crippen MR) is 96.4 cm³/mol. The van der Waals surface area contributed by atoms with E-state index in [1.807, 2.05) is 6.33 Å². The monoisotopic (exact) mass is 305 g/mol. The van der Waals surface area contributed by atoms with E-state index in [0.29, 0.717) is 5.92 Å². The van der Waals surface area contributed by atoms with Crippen molar-refractivity contribution in [1.29, 1.82) is 0 Å². The molecule has 0 radical (unpaired) electrons. The molecule has 1 heterocycles. The SMILES string of the molecule is CCC(CC)c1cccc2c(-c3ccccc3C)[n+](C)cnc12. The van der Waals surface area contributed by atoms with Crippen LogP contribution in [0.3, 0.4) is 0 Å². The molecule has 0 atom stereocenters. The molecule has 0 spiro atoms. The molecule has 0 fully saturated rings. The van der Waals surface area contributed by atoms with E-state index in [1.54, 1.807) is 0 Å². The van der Waals surface area contributed by atoms with Crippen LogP contribution in [0.5, 0.6) is 0 Å². The van der Waals surface area contributed by atoms with Gasteiger partial charge in [0.2, 0.25) is 0 Å². The smallest absolute Gasteiger partial charge is 0.232 e. The second kappa shape index (κ2) is 6.49. The van der Waals surface area contributed by atoms with E-state index in [-0.39, 0.29) is 0 Å². The van der Waals surface area contributed by atoms with Gasteiger partial charge in [0, 0.05) is 11.1 Å². The number of fused-ring (bicyclic) bond motifs is 1. The van der Waals surface area contributed by atoms with Gasteiger partial charge in [-0.3, -0.25) is 0 Å². The summed E-state index contributed by atoms with van der Waals surface area (Å²) in [5.41, 5.74) is 6.36. The zero-order valence-electron chi connectivity index (χ0n) is 14.5. The van der Waals surface area contributed by atoms with E-state index in [1.165, 1.54) is 27.8 Å². The topological polar surface area (TPSA) is 16.8 Å². The number of rotatable bonds is 4. The lowest BCUT2D eigenvalue weighted by atomic mass is 9.90. The molecule has 0 N–H and O–H groups in total. The van der Waals surface area contributed by atoms with Gasteiger partial charge in [-0.05, 0) is 42.3 Å². The Balaban J connectivity index is 2.34. The number of aryl methyl sites for hydroxylation is 2. The fourth-order valence-corrected chi connectivity index (χ4v) is 3.52. The second-order valence-corrected chi connectivity index (χ2v) is 6.28. The van der Waals surface area contributed by atoms with E-state index in [4.69, 9.17) is 4.98 Å². The highest BCUT2D eigenvalue weighted by molar-refractivity contribution is 5.93. The summed E-state index contributed by atoms with van der Waals surface area (Å²) >= 11 is 0. The van der Waals surface area contributed by atoms with Gasteiger partial charge in [0.1, 0.15) is 5.69 Å². The van der Waals surface area contributed by atoms with Crippen LogP contribution in [0.2, 0.25) is 0 Å². The molecule has 2 heteroatoms. The van der Waals surface area contributed by atoms with E-state index < -0.39 is 0 Å². The number of benzene rings is 2. The maximum Gasteiger partial charge on any atom is 0.287 e. The minimum absolute atomic E-state index is 0.573. The molecule has 2 aromatic carbocycles. The Morgan fingerprint density at radius 1 is 1.00 bits per heavy atom. The molecule has 0 aliphatic carbocycles. The van der Waals surface area contributed by atoms with Crippen LogP contribution in [0.25, 0.3) is 22.2 Å². The van der Waals surface area contributed by atoms with Crippen LogP contribution in [0.1, 0.15) is 43.7 Å². The first-order chi connectivity index (χ1) is 11.2. The number of hydrogen-bond acceptors (Lipinski definition) is 1. The average Bonchev–Trinajstić information content (AvgIpc) is 2.57. The number of hydrogen-bond donors (Lipinski definition) is 0. The third kappa shape index (κ3) is 2.74. The average molecular weight is 305 g/mol. The lowest BCUT2D eigenvalue weighted by Gasteiger charge is -2.14. The molecular weight excluding hydrogens is 280 g/mol. The molecule has 3 aromatic rings. The molecule has 2 nitrogen and oxygen atoms in total. The quantitative estimate of drug-likeness (QED) is 0.624. The Bertz CT molecular complexity index is 832. The summed E-state index contributed by atoms with van der Waals surface area (Å²) in [6.45, 7) is 6.70. The van der Waals surface area contributed by atoms with Crippen molar-refractivity contribution in [2.24, 2.45) is 7.05 Å². The molecule has 118 valence electrons. The van der Waals surface area contributed by atoms with Crippen LogP contribution in [-0.4, -0.2) is 4.98 Å². The fraction of sp³-hybridized carbons (Fsp3) is 0.333. The summed E-state index contributed by atoms with van der Waals surface area (Å²) < 4.78 is 2.14. The zero-order chi connectivity index (χ0) is 16.4. The summed E-state index contributed by atoms with van der Waals surface area (Å²) in [7, 11) is 2.08. The van der Waals surface area contributed by atoms with Gasteiger partial charge in [-0.25, -0.2) is 4.57 Å². The highest BCUT2D eigenvalue weighted by Crippen LogP contribution is 2.32. The second-order valence-electron chi connectivity index (χ2n) is 6.28. The zero-order valence-corrected chi connectivity index (χ0v) is 14.5. The maximum atomic E-state index is 4.78. The Morgan fingerprint density at radius 3 is 2.43 bits per heavy atom. The molecule has 0 saturated carbocycles. The summed E-state index contributed by atoms with van der Waals surface area (Å²) in [4.78, 5) is 4.78. The Kier molecular flexibility index (Phi) is 4.42. The third-order valence-electron chi connectivity index (χ3n) is 4.86. The van der Waals surface area contributed by atoms with E-state index in [2.05, 4.69) is 74.9 Å². The highest BCUT2D eigenvalue weighted by atomic mass is 15.0. The molecule has 0 aliphatic rings. The van der Waals surface area contributed by atoms with Crippen LogP contribution in [0.15, 0.2) is 48.8 Å². The van der Waals surface area contributed by atoms with Gasteiger partial charge >= 0.3 is 0 Å². The summed E-state index contributed by atoms with van der Waals surface area (Å²) in [5, 5.41) is 1.24. The van der Waals surface area contributed by atoms with Gasteiger partial charge in [-0.2, -0.15) is 0 Å². The van der Waals surface area contributed by atoms with Gasteiger partial charge in [0.15, 0.2) is 5.52 Å². The van der Waals surface area contributed by atoms with Crippen molar-refractivity contribution in [2.75, 3.05) is 0 Å². The van der Waals surface area contributed by atoms with Crippen LogP contribution in [0.4, 0.5) is 0 Å². The van der Waals surface area contributed by atoms with Crippen LogP contribution >= 0.6 is 0 Å². The van der Waals surface area contributed by atoms with Crippen LogP contribution in [0, 0.1) is 6.92 Å². The Hall–Kier alpha value is -2.22. The molecular formula is C21H25N2+. The van der Waals surface area contributed by atoms with Crippen molar-refractivity contribution < 1.29 is 4.57 Å². The van der Waals surface area contributed by atoms with Gasteiger partial charge in [0.25, 0.3) is 6.33 Å². The van der Waals surface area contributed by atoms with Crippen LogP contribution < -0.4 is 4.57 Å². The van der Waals surface area contributed by atoms with E-state index in [0.717, 1.165) is 18.4 Å². The standard InChI is InChI=1S/C21H25N2/c1-5-16(6-2)18-12-9-13-19-20(18)22-14-23(4)21(19)17-11-8-7-10-15(17)3/h7-14,16H,5-6H2,1-4H3/q+1. The van der Waals surface area contributed by atoms with Crippen molar-refractivity contribution >= 4 is 10.9 Å².